The molecular weight excluding hydrogens is 258 g/mol. The summed E-state index contributed by atoms with van der Waals surface area (Å²) in [6, 6.07) is 15.4. The van der Waals surface area contributed by atoms with E-state index < -0.39 is 0 Å². The van der Waals surface area contributed by atoms with Crippen LogP contribution in [-0.2, 0) is 6.54 Å². The molecule has 21 heavy (non-hydrogen) atoms. The fraction of sp³-hybridized carbons (Fsp3) is 0.368. The number of aliphatic hydroxyl groups is 1. The van der Waals surface area contributed by atoms with E-state index in [-0.39, 0.29) is 12.5 Å². The van der Waals surface area contributed by atoms with Gasteiger partial charge in [0.25, 0.3) is 0 Å². The standard InChI is InChI=1S/C19H21NO/c1-13(12-21)15-8-9-19-17(10-15)16-4-2-3-5-18(16)20(19)11-14-6-7-14/h2-5,8-10,13-14,21H,6-7,11-12H2,1H3. The lowest BCUT2D eigenvalue weighted by atomic mass is 10.00. The van der Waals surface area contributed by atoms with Gasteiger partial charge in [-0.05, 0) is 42.5 Å². The van der Waals surface area contributed by atoms with Crippen molar-refractivity contribution in [3.63, 3.8) is 0 Å². The quantitative estimate of drug-likeness (QED) is 0.756. The molecular formula is C19H21NO. The summed E-state index contributed by atoms with van der Waals surface area (Å²) in [5.41, 5.74) is 3.89. The lowest BCUT2D eigenvalue weighted by molar-refractivity contribution is 0.273. The lowest BCUT2D eigenvalue weighted by Crippen LogP contribution is -2.00. The minimum atomic E-state index is 0.194. The molecule has 4 rings (SSSR count). The van der Waals surface area contributed by atoms with Gasteiger partial charge in [0.15, 0.2) is 0 Å². The van der Waals surface area contributed by atoms with E-state index in [0.29, 0.717) is 0 Å². The van der Waals surface area contributed by atoms with Gasteiger partial charge in [-0.3, -0.25) is 0 Å². The van der Waals surface area contributed by atoms with E-state index in [1.54, 1.807) is 0 Å². The molecule has 1 saturated carbocycles. The molecule has 1 aliphatic carbocycles. The summed E-state index contributed by atoms with van der Waals surface area (Å²) < 4.78 is 2.48. The Morgan fingerprint density at radius 3 is 2.62 bits per heavy atom. The van der Waals surface area contributed by atoms with E-state index in [0.717, 1.165) is 12.5 Å². The van der Waals surface area contributed by atoms with Crippen molar-refractivity contribution in [3.8, 4) is 0 Å². The molecule has 1 unspecified atom stereocenters. The lowest BCUT2D eigenvalue weighted by Gasteiger charge is -2.09. The molecule has 0 aliphatic heterocycles. The van der Waals surface area contributed by atoms with Crippen LogP contribution in [0.3, 0.4) is 0 Å². The molecule has 1 fully saturated rings. The normalized spacial score (nSPS) is 16.7. The van der Waals surface area contributed by atoms with Gasteiger partial charge in [-0.15, -0.1) is 0 Å². The monoisotopic (exact) mass is 279 g/mol. The summed E-state index contributed by atoms with van der Waals surface area (Å²) in [5, 5.41) is 12.1. The molecule has 1 aromatic heterocycles. The minimum absolute atomic E-state index is 0.194. The van der Waals surface area contributed by atoms with Gasteiger partial charge in [0.2, 0.25) is 0 Å². The molecule has 0 saturated heterocycles. The zero-order chi connectivity index (χ0) is 14.4. The molecule has 1 aliphatic rings. The second kappa shape index (κ2) is 4.88. The second-order valence-electron chi connectivity index (χ2n) is 6.43. The van der Waals surface area contributed by atoms with Crippen molar-refractivity contribution in [2.75, 3.05) is 6.61 Å². The molecule has 1 heterocycles. The number of hydrogen-bond donors (Lipinski definition) is 1. The number of aliphatic hydroxyl groups excluding tert-OH is 1. The molecule has 1 atom stereocenters. The molecule has 3 aromatic rings. The molecule has 108 valence electrons. The largest absolute Gasteiger partial charge is 0.396 e. The summed E-state index contributed by atoms with van der Waals surface area (Å²) in [4.78, 5) is 0. The Kier molecular flexibility index (Phi) is 3.00. The molecule has 2 heteroatoms. The van der Waals surface area contributed by atoms with E-state index in [4.69, 9.17) is 0 Å². The number of nitrogens with zero attached hydrogens (tertiary/aromatic N) is 1. The molecule has 2 nitrogen and oxygen atoms in total. The highest BCUT2D eigenvalue weighted by atomic mass is 16.3. The number of para-hydroxylation sites is 1. The van der Waals surface area contributed by atoms with Crippen LogP contribution in [0.2, 0.25) is 0 Å². The highest BCUT2D eigenvalue weighted by molar-refractivity contribution is 6.08. The number of aromatic nitrogens is 1. The van der Waals surface area contributed by atoms with E-state index in [1.807, 2.05) is 0 Å². The van der Waals surface area contributed by atoms with Crippen molar-refractivity contribution in [2.24, 2.45) is 5.92 Å². The summed E-state index contributed by atoms with van der Waals surface area (Å²) in [5.74, 6) is 1.06. The van der Waals surface area contributed by atoms with Crippen LogP contribution in [-0.4, -0.2) is 16.3 Å². The third-order valence-electron chi connectivity index (χ3n) is 4.78. The van der Waals surface area contributed by atoms with E-state index in [1.165, 1.54) is 40.2 Å². The van der Waals surface area contributed by atoms with Crippen molar-refractivity contribution in [1.29, 1.82) is 0 Å². The molecule has 0 radical (unpaired) electrons. The second-order valence-corrected chi connectivity index (χ2v) is 6.43. The summed E-state index contributed by atoms with van der Waals surface area (Å²) in [7, 11) is 0. The van der Waals surface area contributed by atoms with Gasteiger partial charge in [0.05, 0.1) is 0 Å². The number of hydrogen-bond acceptors (Lipinski definition) is 1. The van der Waals surface area contributed by atoms with Crippen LogP contribution >= 0.6 is 0 Å². The van der Waals surface area contributed by atoms with Gasteiger partial charge < -0.3 is 9.67 Å². The Morgan fingerprint density at radius 2 is 1.86 bits per heavy atom. The molecule has 0 spiro atoms. The Morgan fingerprint density at radius 1 is 1.10 bits per heavy atom. The zero-order valence-electron chi connectivity index (χ0n) is 12.4. The Labute approximate surface area is 125 Å². The Balaban J connectivity index is 1.97. The van der Waals surface area contributed by atoms with Gasteiger partial charge in [0.1, 0.15) is 0 Å². The predicted molar refractivity (Wildman–Crippen MR) is 87.7 cm³/mol. The number of rotatable bonds is 4. The fourth-order valence-corrected chi connectivity index (χ4v) is 3.24. The van der Waals surface area contributed by atoms with Crippen LogP contribution in [0.4, 0.5) is 0 Å². The topological polar surface area (TPSA) is 25.2 Å². The zero-order valence-corrected chi connectivity index (χ0v) is 12.4. The average molecular weight is 279 g/mol. The van der Waals surface area contributed by atoms with E-state index in [9.17, 15) is 5.11 Å². The smallest absolute Gasteiger partial charge is 0.0497 e. The number of fused-ring (bicyclic) bond motifs is 3. The van der Waals surface area contributed by atoms with Crippen LogP contribution in [0.5, 0.6) is 0 Å². The summed E-state index contributed by atoms with van der Waals surface area (Å²) in [6.45, 7) is 3.41. The van der Waals surface area contributed by atoms with Gasteiger partial charge in [0, 0.05) is 40.9 Å². The van der Waals surface area contributed by atoms with Crippen LogP contribution in [0, 0.1) is 5.92 Å². The third kappa shape index (κ3) is 2.14. The first-order valence-electron chi connectivity index (χ1n) is 7.89. The van der Waals surface area contributed by atoms with Gasteiger partial charge in [-0.25, -0.2) is 0 Å². The maximum absolute atomic E-state index is 9.40. The third-order valence-corrected chi connectivity index (χ3v) is 4.78. The summed E-state index contributed by atoms with van der Waals surface area (Å²) in [6.07, 6.45) is 2.74. The first-order valence-corrected chi connectivity index (χ1v) is 7.89. The highest BCUT2D eigenvalue weighted by Crippen LogP contribution is 2.36. The molecule has 0 bridgehead atoms. The highest BCUT2D eigenvalue weighted by Gasteiger charge is 2.23. The van der Waals surface area contributed by atoms with Gasteiger partial charge in [-0.1, -0.05) is 31.2 Å². The van der Waals surface area contributed by atoms with Crippen LogP contribution in [0.1, 0.15) is 31.2 Å². The van der Waals surface area contributed by atoms with Crippen molar-refractivity contribution < 1.29 is 5.11 Å². The van der Waals surface area contributed by atoms with Crippen LogP contribution in [0.15, 0.2) is 42.5 Å². The van der Waals surface area contributed by atoms with Crippen molar-refractivity contribution in [2.45, 2.75) is 32.2 Å². The SMILES string of the molecule is CC(CO)c1ccc2c(c1)c1ccccc1n2CC1CC1. The molecule has 0 amide bonds. The first-order chi connectivity index (χ1) is 10.3. The maximum atomic E-state index is 9.40. The molecule has 2 aromatic carbocycles. The Bertz CT molecular complexity index is 798. The van der Waals surface area contributed by atoms with Crippen molar-refractivity contribution in [3.05, 3.63) is 48.0 Å². The van der Waals surface area contributed by atoms with Crippen LogP contribution in [0.25, 0.3) is 21.8 Å². The van der Waals surface area contributed by atoms with Crippen LogP contribution < -0.4 is 0 Å². The Hall–Kier alpha value is -1.80. The van der Waals surface area contributed by atoms with E-state index in [2.05, 4.69) is 54.0 Å². The predicted octanol–water partition coefficient (Wildman–Crippen LogP) is 4.30. The number of benzene rings is 2. The minimum Gasteiger partial charge on any atom is -0.396 e. The molecule has 1 N–H and O–H groups in total. The van der Waals surface area contributed by atoms with Crippen molar-refractivity contribution in [1.82, 2.24) is 4.57 Å². The van der Waals surface area contributed by atoms with Gasteiger partial charge >= 0.3 is 0 Å². The average Bonchev–Trinajstić information content (AvgIpc) is 3.30. The first kappa shape index (κ1) is 12.9. The van der Waals surface area contributed by atoms with Gasteiger partial charge in [-0.2, -0.15) is 0 Å². The van der Waals surface area contributed by atoms with E-state index >= 15 is 0 Å². The fourth-order valence-electron chi connectivity index (χ4n) is 3.24. The summed E-state index contributed by atoms with van der Waals surface area (Å²) >= 11 is 0. The maximum Gasteiger partial charge on any atom is 0.0497 e. The van der Waals surface area contributed by atoms with Crippen molar-refractivity contribution >= 4 is 21.8 Å².